The van der Waals surface area contributed by atoms with Crippen LogP contribution in [-0.2, 0) is 4.74 Å². The van der Waals surface area contributed by atoms with Crippen LogP contribution in [0.25, 0.3) is 0 Å². The maximum Gasteiger partial charge on any atom is 0.345 e. The monoisotopic (exact) mass is 210 g/mol. The number of nitrogen functional groups attached to an aromatic ring is 1. The molecule has 0 fully saturated rings. The number of rotatable bonds is 3. The fourth-order valence-corrected chi connectivity index (χ4v) is 1.12. The van der Waals surface area contributed by atoms with Crippen molar-refractivity contribution in [1.82, 2.24) is 4.98 Å². The average Bonchev–Trinajstić information content (AvgIpc) is 2.16. The number of hydrogen-bond acceptors (Lipinski definition) is 5. The van der Waals surface area contributed by atoms with Gasteiger partial charge in [-0.1, -0.05) is 0 Å². The molecule has 0 aromatic carbocycles. The summed E-state index contributed by atoms with van der Waals surface area (Å²) in [4.78, 5) is 15.2. The highest BCUT2D eigenvalue weighted by Gasteiger charge is 2.18. The van der Waals surface area contributed by atoms with Crippen LogP contribution in [0, 0.1) is 0 Å². The van der Waals surface area contributed by atoms with Gasteiger partial charge in [-0.05, 0) is 19.9 Å². The number of hydrogen-bond donors (Lipinski definition) is 1. The molecule has 0 spiro atoms. The van der Waals surface area contributed by atoms with Crippen LogP contribution in [0.15, 0.2) is 12.3 Å². The number of nitrogens with zero attached hydrogens (tertiary/aromatic N) is 1. The summed E-state index contributed by atoms with van der Waals surface area (Å²) < 4.78 is 10.0. The number of carbonyl (C=O) groups excluding carboxylic acids is 1. The molecule has 5 nitrogen and oxygen atoms in total. The number of carbonyl (C=O) groups is 1. The van der Waals surface area contributed by atoms with Crippen molar-refractivity contribution in [3.63, 3.8) is 0 Å². The van der Waals surface area contributed by atoms with Crippen molar-refractivity contribution in [3.8, 4) is 5.75 Å². The molecule has 1 aromatic rings. The van der Waals surface area contributed by atoms with Gasteiger partial charge in [0.05, 0.1) is 13.2 Å². The van der Waals surface area contributed by atoms with Gasteiger partial charge in [0.2, 0.25) is 0 Å². The fourth-order valence-electron chi connectivity index (χ4n) is 1.12. The van der Waals surface area contributed by atoms with E-state index in [4.69, 9.17) is 10.5 Å². The molecule has 5 heteroatoms. The molecule has 1 rings (SSSR count). The van der Waals surface area contributed by atoms with Gasteiger partial charge in [0.1, 0.15) is 17.1 Å². The number of ether oxygens (including phenoxy) is 2. The first-order chi connectivity index (χ1) is 7.06. The highest BCUT2D eigenvalue weighted by Crippen LogP contribution is 2.24. The van der Waals surface area contributed by atoms with Crippen molar-refractivity contribution in [2.45, 2.75) is 20.0 Å². The number of esters is 1. The number of methoxy groups -OCH3 is 1. The summed E-state index contributed by atoms with van der Waals surface area (Å²) in [5.41, 5.74) is 5.76. The zero-order valence-electron chi connectivity index (χ0n) is 8.98. The first kappa shape index (κ1) is 11.3. The molecule has 0 saturated carbocycles. The molecule has 1 aromatic heterocycles. The van der Waals surface area contributed by atoms with E-state index in [9.17, 15) is 4.79 Å². The van der Waals surface area contributed by atoms with E-state index in [1.807, 2.05) is 13.8 Å². The van der Waals surface area contributed by atoms with Crippen molar-refractivity contribution in [2.24, 2.45) is 0 Å². The molecule has 0 unspecified atom stereocenters. The molecular weight excluding hydrogens is 196 g/mol. The minimum absolute atomic E-state index is 0.0461. The Morgan fingerprint density at radius 1 is 1.53 bits per heavy atom. The van der Waals surface area contributed by atoms with Gasteiger partial charge in [0.25, 0.3) is 0 Å². The highest BCUT2D eigenvalue weighted by molar-refractivity contribution is 5.97. The molecule has 0 aliphatic carbocycles. The van der Waals surface area contributed by atoms with Crippen molar-refractivity contribution >= 4 is 11.8 Å². The molecule has 0 atom stereocenters. The third kappa shape index (κ3) is 2.59. The van der Waals surface area contributed by atoms with E-state index >= 15 is 0 Å². The molecule has 82 valence electrons. The van der Waals surface area contributed by atoms with Crippen molar-refractivity contribution < 1.29 is 14.3 Å². The van der Waals surface area contributed by atoms with Crippen LogP contribution in [0.3, 0.4) is 0 Å². The van der Waals surface area contributed by atoms with Gasteiger partial charge in [-0.2, -0.15) is 0 Å². The molecule has 0 bridgehead atoms. The molecule has 1 heterocycles. The zero-order chi connectivity index (χ0) is 11.4. The van der Waals surface area contributed by atoms with Crippen molar-refractivity contribution in [3.05, 3.63) is 17.8 Å². The third-order valence-corrected chi connectivity index (χ3v) is 1.69. The standard InChI is InChI=1S/C10H14N2O3/c1-6(2)15-7-4-5-12-9(11)8(7)10(13)14-3/h4-6H,1-3H3,(H2,11,12). The first-order valence-corrected chi connectivity index (χ1v) is 4.55. The van der Waals surface area contributed by atoms with Crippen molar-refractivity contribution in [2.75, 3.05) is 12.8 Å². The molecule has 0 amide bonds. The lowest BCUT2D eigenvalue weighted by atomic mass is 10.2. The van der Waals surface area contributed by atoms with E-state index < -0.39 is 5.97 Å². The Bertz CT molecular complexity index is 364. The summed E-state index contributed by atoms with van der Waals surface area (Å²) in [7, 11) is 1.29. The second kappa shape index (κ2) is 4.63. The van der Waals surface area contributed by atoms with Gasteiger partial charge < -0.3 is 15.2 Å². The smallest absolute Gasteiger partial charge is 0.345 e. The summed E-state index contributed by atoms with van der Waals surface area (Å²) in [6.45, 7) is 3.72. The Morgan fingerprint density at radius 3 is 2.73 bits per heavy atom. The van der Waals surface area contributed by atoms with Crippen LogP contribution in [0.1, 0.15) is 24.2 Å². The number of aromatic nitrogens is 1. The largest absolute Gasteiger partial charge is 0.490 e. The summed E-state index contributed by atoms with van der Waals surface area (Å²) in [6.07, 6.45) is 1.44. The minimum atomic E-state index is -0.545. The van der Waals surface area contributed by atoms with Gasteiger partial charge in [-0.3, -0.25) is 0 Å². The van der Waals surface area contributed by atoms with Gasteiger partial charge in [0.15, 0.2) is 0 Å². The molecule has 0 aliphatic heterocycles. The van der Waals surface area contributed by atoms with Crippen molar-refractivity contribution in [1.29, 1.82) is 0 Å². The van der Waals surface area contributed by atoms with Crippen LogP contribution < -0.4 is 10.5 Å². The van der Waals surface area contributed by atoms with E-state index in [0.717, 1.165) is 0 Å². The Labute approximate surface area is 88.2 Å². The number of nitrogens with two attached hydrogens (primary N) is 1. The molecule has 0 radical (unpaired) electrons. The SMILES string of the molecule is COC(=O)c1c(OC(C)C)ccnc1N. The highest BCUT2D eigenvalue weighted by atomic mass is 16.5. The predicted octanol–water partition coefficient (Wildman–Crippen LogP) is 1.24. The normalized spacial score (nSPS) is 10.1. The van der Waals surface area contributed by atoms with Crippen LogP contribution in [0.4, 0.5) is 5.82 Å². The Hall–Kier alpha value is -1.78. The maximum absolute atomic E-state index is 11.4. The van der Waals surface area contributed by atoms with E-state index in [0.29, 0.717) is 5.75 Å². The lowest BCUT2D eigenvalue weighted by molar-refractivity contribution is 0.0595. The second-order valence-corrected chi connectivity index (χ2v) is 3.23. The topological polar surface area (TPSA) is 74.4 Å². The van der Waals surface area contributed by atoms with Gasteiger partial charge in [-0.15, -0.1) is 0 Å². The van der Waals surface area contributed by atoms with Gasteiger partial charge >= 0.3 is 5.97 Å². The Morgan fingerprint density at radius 2 is 2.20 bits per heavy atom. The maximum atomic E-state index is 11.4. The molecular formula is C10H14N2O3. The average molecular weight is 210 g/mol. The molecule has 0 aliphatic rings. The van der Waals surface area contributed by atoms with Crippen LogP contribution >= 0.6 is 0 Å². The fraction of sp³-hybridized carbons (Fsp3) is 0.400. The van der Waals surface area contributed by atoms with Crippen LogP contribution in [-0.4, -0.2) is 24.2 Å². The van der Waals surface area contributed by atoms with Gasteiger partial charge in [0, 0.05) is 6.20 Å². The summed E-state index contributed by atoms with van der Waals surface area (Å²) >= 11 is 0. The quantitative estimate of drug-likeness (QED) is 0.759. The van der Waals surface area contributed by atoms with E-state index in [2.05, 4.69) is 9.72 Å². The molecule has 0 saturated heterocycles. The predicted molar refractivity (Wildman–Crippen MR) is 55.8 cm³/mol. The number of pyridine rings is 1. The summed E-state index contributed by atoms with van der Waals surface area (Å²) in [5, 5.41) is 0. The van der Waals surface area contributed by atoms with Crippen LogP contribution in [0.5, 0.6) is 5.75 Å². The van der Waals surface area contributed by atoms with Gasteiger partial charge in [-0.25, -0.2) is 9.78 Å². The van der Waals surface area contributed by atoms with E-state index in [-0.39, 0.29) is 17.5 Å². The molecule has 15 heavy (non-hydrogen) atoms. The summed E-state index contributed by atoms with van der Waals surface area (Å²) in [5.74, 6) is -0.0411. The first-order valence-electron chi connectivity index (χ1n) is 4.55. The third-order valence-electron chi connectivity index (χ3n) is 1.69. The molecule has 2 N–H and O–H groups in total. The lowest BCUT2D eigenvalue weighted by Crippen LogP contribution is -2.13. The van der Waals surface area contributed by atoms with E-state index in [1.165, 1.54) is 13.3 Å². The van der Waals surface area contributed by atoms with E-state index in [1.54, 1.807) is 6.07 Å². The lowest BCUT2D eigenvalue weighted by Gasteiger charge is -2.13. The summed E-state index contributed by atoms with van der Waals surface area (Å²) in [6, 6.07) is 1.59. The van der Waals surface area contributed by atoms with Crippen LogP contribution in [0.2, 0.25) is 0 Å². The minimum Gasteiger partial charge on any atom is -0.490 e. The Balaban J connectivity index is 3.14. The number of anilines is 1. The zero-order valence-corrected chi connectivity index (χ0v) is 8.98. The second-order valence-electron chi connectivity index (χ2n) is 3.23. The Kier molecular flexibility index (Phi) is 3.49.